The predicted molar refractivity (Wildman–Crippen MR) is 100 cm³/mol. The molecule has 1 N–H and O–H groups in total. The molecule has 4 unspecified atom stereocenters. The highest BCUT2D eigenvalue weighted by atomic mass is 79.9. The lowest BCUT2D eigenvalue weighted by atomic mass is 9.47. The van der Waals surface area contributed by atoms with Gasteiger partial charge in [0.1, 0.15) is 0 Å². The van der Waals surface area contributed by atoms with Crippen LogP contribution in [0.1, 0.15) is 58.8 Å². The average molecular weight is 411 g/mol. The minimum Gasteiger partial charge on any atom is -0.393 e. The summed E-state index contributed by atoms with van der Waals surface area (Å²) >= 11 is 4.05. The number of alkyl halides is 1. The van der Waals surface area contributed by atoms with E-state index in [-0.39, 0.29) is 22.7 Å². The van der Waals surface area contributed by atoms with Crippen molar-refractivity contribution < 1.29 is 14.6 Å². The highest BCUT2D eigenvalue weighted by Crippen LogP contribution is 2.69. The first kappa shape index (κ1) is 17.2. The van der Waals surface area contributed by atoms with Gasteiger partial charge in [0.2, 0.25) is 0 Å². The van der Waals surface area contributed by atoms with Gasteiger partial charge in [-0.1, -0.05) is 41.4 Å². The van der Waals surface area contributed by atoms with Crippen LogP contribution in [0.4, 0.5) is 0 Å². The molecule has 4 aliphatic carbocycles. The van der Waals surface area contributed by atoms with Crippen LogP contribution < -0.4 is 0 Å². The fourth-order valence-corrected chi connectivity index (χ4v) is 8.53. The van der Waals surface area contributed by atoms with Gasteiger partial charge < -0.3 is 14.6 Å². The van der Waals surface area contributed by atoms with Crippen molar-refractivity contribution in [3.63, 3.8) is 0 Å². The minimum atomic E-state index is -0.316. The Labute approximate surface area is 159 Å². The van der Waals surface area contributed by atoms with Gasteiger partial charge in [-0.2, -0.15) is 0 Å². The third-order valence-corrected chi connectivity index (χ3v) is 9.74. The number of aliphatic hydroxyl groups excluding tert-OH is 1. The Bertz CT molecular complexity index is 598. The zero-order valence-electron chi connectivity index (χ0n) is 15.5. The number of halogens is 1. The number of hydrogen-bond donors (Lipinski definition) is 1. The predicted octanol–water partition coefficient (Wildman–Crippen LogP) is 4.43. The minimum absolute atomic E-state index is 0.139. The molecule has 3 saturated carbocycles. The number of rotatable bonds is 0. The Kier molecular flexibility index (Phi) is 3.83. The molecule has 140 valence electrons. The van der Waals surface area contributed by atoms with Crippen LogP contribution in [0, 0.1) is 28.6 Å². The van der Waals surface area contributed by atoms with E-state index < -0.39 is 0 Å². The molecule has 5 aliphatic rings. The highest BCUT2D eigenvalue weighted by molar-refractivity contribution is 9.09. The molecule has 7 atom stereocenters. The molecule has 0 aromatic rings. The van der Waals surface area contributed by atoms with Crippen molar-refractivity contribution in [3.05, 3.63) is 11.6 Å². The Morgan fingerprint density at radius 1 is 1.04 bits per heavy atom. The standard InChI is InChI=1S/C21H31BrO3/c1-19-6-3-14(23)11-13(19)12-17(22)18-15(19)4-7-20(2)16(18)5-8-21(20)24-9-10-25-21/h12,14-18,23H,3-11H2,1-2H3/t14-,15?,16?,17?,18?,19+,20+/m1/s1. The van der Waals surface area contributed by atoms with E-state index in [1.165, 1.54) is 24.8 Å². The molecule has 0 radical (unpaired) electrons. The molecule has 0 aromatic carbocycles. The van der Waals surface area contributed by atoms with Gasteiger partial charge in [-0.3, -0.25) is 0 Å². The number of aliphatic hydroxyl groups is 1. The van der Waals surface area contributed by atoms with Crippen molar-refractivity contribution in [2.45, 2.75) is 75.5 Å². The molecule has 0 aromatic heterocycles. The van der Waals surface area contributed by atoms with Crippen LogP contribution in [0.25, 0.3) is 0 Å². The molecule has 1 aliphatic heterocycles. The Morgan fingerprint density at radius 2 is 1.76 bits per heavy atom. The molecule has 0 bridgehead atoms. The fraction of sp³-hybridized carbons (Fsp3) is 0.905. The van der Waals surface area contributed by atoms with Crippen LogP contribution in [0.2, 0.25) is 0 Å². The quantitative estimate of drug-likeness (QED) is 0.474. The van der Waals surface area contributed by atoms with Gasteiger partial charge in [0, 0.05) is 16.7 Å². The highest BCUT2D eigenvalue weighted by Gasteiger charge is 2.67. The van der Waals surface area contributed by atoms with Crippen molar-refractivity contribution >= 4 is 15.9 Å². The second kappa shape index (κ2) is 5.56. The topological polar surface area (TPSA) is 38.7 Å². The van der Waals surface area contributed by atoms with E-state index in [0.717, 1.165) is 44.8 Å². The van der Waals surface area contributed by atoms with Crippen LogP contribution in [0.3, 0.4) is 0 Å². The second-order valence-corrected chi connectivity index (χ2v) is 10.7. The number of allylic oxidation sites excluding steroid dienone is 1. The Morgan fingerprint density at radius 3 is 2.52 bits per heavy atom. The summed E-state index contributed by atoms with van der Waals surface area (Å²) in [7, 11) is 0. The maximum absolute atomic E-state index is 10.2. The number of ether oxygens (including phenoxy) is 2. The molecule has 3 nitrogen and oxygen atoms in total. The summed E-state index contributed by atoms with van der Waals surface area (Å²) in [5, 5.41) is 10.2. The molecule has 5 rings (SSSR count). The molecule has 1 saturated heterocycles. The lowest BCUT2D eigenvalue weighted by Crippen LogP contribution is -2.57. The van der Waals surface area contributed by atoms with Crippen LogP contribution in [0.5, 0.6) is 0 Å². The monoisotopic (exact) mass is 410 g/mol. The van der Waals surface area contributed by atoms with E-state index in [4.69, 9.17) is 9.47 Å². The summed E-state index contributed by atoms with van der Waals surface area (Å²) in [4.78, 5) is 0.423. The van der Waals surface area contributed by atoms with Crippen LogP contribution >= 0.6 is 15.9 Å². The molecular formula is C21H31BrO3. The van der Waals surface area contributed by atoms with Crippen molar-refractivity contribution in [3.8, 4) is 0 Å². The SMILES string of the molecule is C[C@]12CC[C@@H](O)CC1=CC(Br)C1C2CC[C@@]2(C)C1CCC21OCCO1. The molecule has 1 heterocycles. The van der Waals surface area contributed by atoms with Gasteiger partial charge in [0.25, 0.3) is 0 Å². The van der Waals surface area contributed by atoms with Gasteiger partial charge in [0.15, 0.2) is 5.79 Å². The Balaban J connectivity index is 1.53. The van der Waals surface area contributed by atoms with Gasteiger partial charge in [0.05, 0.1) is 19.3 Å². The fourth-order valence-electron chi connectivity index (χ4n) is 7.47. The van der Waals surface area contributed by atoms with E-state index >= 15 is 0 Å². The largest absolute Gasteiger partial charge is 0.393 e. The normalized spacial score (nSPS) is 53.9. The van der Waals surface area contributed by atoms with Crippen LogP contribution in [0.15, 0.2) is 11.6 Å². The van der Waals surface area contributed by atoms with E-state index in [0.29, 0.717) is 16.7 Å². The smallest absolute Gasteiger partial charge is 0.174 e. The van der Waals surface area contributed by atoms with E-state index in [1.54, 1.807) is 0 Å². The lowest BCUT2D eigenvalue weighted by molar-refractivity contribution is -0.241. The summed E-state index contributed by atoms with van der Waals surface area (Å²) in [6.07, 6.45) is 10.1. The summed E-state index contributed by atoms with van der Waals surface area (Å²) in [6.45, 7) is 6.44. The van der Waals surface area contributed by atoms with E-state index in [2.05, 4.69) is 35.9 Å². The first-order chi connectivity index (χ1) is 11.9. The van der Waals surface area contributed by atoms with Gasteiger partial charge in [-0.25, -0.2) is 0 Å². The molecule has 4 fully saturated rings. The van der Waals surface area contributed by atoms with Crippen LogP contribution in [-0.4, -0.2) is 35.0 Å². The van der Waals surface area contributed by atoms with E-state index in [1.807, 2.05) is 0 Å². The van der Waals surface area contributed by atoms with Crippen molar-refractivity contribution in [1.29, 1.82) is 0 Å². The zero-order chi connectivity index (χ0) is 17.4. The maximum Gasteiger partial charge on any atom is 0.174 e. The first-order valence-corrected chi connectivity index (χ1v) is 11.1. The van der Waals surface area contributed by atoms with Crippen molar-refractivity contribution in [2.75, 3.05) is 13.2 Å². The second-order valence-electron chi connectivity index (χ2n) is 9.69. The summed E-state index contributed by atoms with van der Waals surface area (Å²) in [5.41, 5.74) is 1.94. The zero-order valence-corrected chi connectivity index (χ0v) is 17.1. The first-order valence-electron chi connectivity index (χ1n) is 10.2. The lowest BCUT2D eigenvalue weighted by Gasteiger charge is -2.59. The third-order valence-electron chi connectivity index (χ3n) is 8.86. The number of hydrogen-bond acceptors (Lipinski definition) is 3. The molecular weight excluding hydrogens is 380 g/mol. The number of fused-ring (bicyclic) bond motifs is 6. The maximum atomic E-state index is 10.2. The molecule has 25 heavy (non-hydrogen) atoms. The summed E-state index contributed by atoms with van der Waals surface area (Å²) in [6, 6.07) is 0. The van der Waals surface area contributed by atoms with Crippen LogP contribution in [-0.2, 0) is 9.47 Å². The van der Waals surface area contributed by atoms with Gasteiger partial charge in [-0.05, 0) is 61.7 Å². The summed E-state index contributed by atoms with van der Waals surface area (Å²) in [5.74, 6) is 1.73. The Hall–Kier alpha value is 0.1000. The van der Waals surface area contributed by atoms with Crippen molar-refractivity contribution in [1.82, 2.24) is 0 Å². The van der Waals surface area contributed by atoms with E-state index in [9.17, 15) is 5.11 Å². The summed E-state index contributed by atoms with van der Waals surface area (Å²) < 4.78 is 12.5. The van der Waals surface area contributed by atoms with Crippen molar-refractivity contribution in [2.24, 2.45) is 28.6 Å². The van der Waals surface area contributed by atoms with Gasteiger partial charge in [-0.15, -0.1) is 0 Å². The third kappa shape index (κ3) is 2.14. The van der Waals surface area contributed by atoms with Gasteiger partial charge >= 0.3 is 0 Å². The molecule has 0 amide bonds. The average Bonchev–Trinajstić information content (AvgIpc) is 3.17. The molecule has 4 heteroatoms. The molecule has 1 spiro atoms.